The molecule has 1 saturated carbocycles. The van der Waals surface area contributed by atoms with E-state index in [0.29, 0.717) is 12.0 Å². The SMILES string of the molecule is Cc1cc(F)ccc1C(C)C(C)NC1CC1. The van der Waals surface area contributed by atoms with E-state index < -0.39 is 0 Å². The third-order valence-corrected chi connectivity index (χ3v) is 3.55. The van der Waals surface area contributed by atoms with Gasteiger partial charge in [-0.25, -0.2) is 4.39 Å². The molecular weight excluding hydrogens is 201 g/mol. The monoisotopic (exact) mass is 221 g/mol. The fourth-order valence-electron chi connectivity index (χ4n) is 2.19. The molecule has 0 heterocycles. The van der Waals surface area contributed by atoms with Crippen molar-refractivity contribution in [2.75, 3.05) is 0 Å². The number of halogens is 1. The average Bonchev–Trinajstić information content (AvgIpc) is 3.00. The number of aryl methyl sites for hydroxylation is 1. The van der Waals surface area contributed by atoms with Crippen LogP contribution < -0.4 is 5.32 Å². The maximum absolute atomic E-state index is 13.0. The van der Waals surface area contributed by atoms with E-state index in [0.717, 1.165) is 11.6 Å². The smallest absolute Gasteiger partial charge is 0.123 e. The van der Waals surface area contributed by atoms with Crippen molar-refractivity contribution >= 4 is 0 Å². The molecule has 1 aliphatic carbocycles. The summed E-state index contributed by atoms with van der Waals surface area (Å²) in [5, 5.41) is 3.60. The van der Waals surface area contributed by atoms with Crippen LogP contribution in [-0.2, 0) is 0 Å². The van der Waals surface area contributed by atoms with Crippen molar-refractivity contribution in [3.63, 3.8) is 0 Å². The largest absolute Gasteiger partial charge is 0.311 e. The Morgan fingerprint density at radius 2 is 2.00 bits per heavy atom. The molecule has 2 atom stereocenters. The summed E-state index contributed by atoms with van der Waals surface area (Å²) in [6.07, 6.45) is 2.61. The summed E-state index contributed by atoms with van der Waals surface area (Å²) in [6, 6.07) is 6.27. The zero-order valence-electron chi connectivity index (χ0n) is 10.3. The van der Waals surface area contributed by atoms with E-state index >= 15 is 0 Å². The highest BCUT2D eigenvalue weighted by molar-refractivity contribution is 5.30. The Kier molecular flexibility index (Phi) is 3.29. The van der Waals surface area contributed by atoms with Crippen molar-refractivity contribution in [2.24, 2.45) is 0 Å². The number of nitrogens with one attached hydrogen (secondary N) is 1. The summed E-state index contributed by atoms with van der Waals surface area (Å²) < 4.78 is 13.0. The minimum absolute atomic E-state index is 0.142. The molecule has 1 aromatic carbocycles. The lowest BCUT2D eigenvalue weighted by Crippen LogP contribution is -2.32. The second kappa shape index (κ2) is 4.54. The lowest BCUT2D eigenvalue weighted by atomic mass is 9.91. The Hall–Kier alpha value is -0.890. The molecule has 0 amide bonds. The van der Waals surface area contributed by atoms with Crippen LogP contribution in [0.2, 0.25) is 0 Å². The third-order valence-electron chi connectivity index (χ3n) is 3.55. The lowest BCUT2D eigenvalue weighted by Gasteiger charge is -2.23. The maximum Gasteiger partial charge on any atom is 0.123 e. The fourth-order valence-corrected chi connectivity index (χ4v) is 2.19. The number of hydrogen-bond donors (Lipinski definition) is 1. The predicted molar refractivity (Wildman–Crippen MR) is 65.2 cm³/mol. The Labute approximate surface area is 97.1 Å². The molecule has 1 N–H and O–H groups in total. The van der Waals surface area contributed by atoms with Crippen molar-refractivity contribution in [1.29, 1.82) is 0 Å². The van der Waals surface area contributed by atoms with Gasteiger partial charge >= 0.3 is 0 Å². The molecule has 2 rings (SSSR count). The van der Waals surface area contributed by atoms with E-state index in [2.05, 4.69) is 19.2 Å². The first-order chi connectivity index (χ1) is 7.58. The summed E-state index contributed by atoms with van der Waals surface area (Å²) in [5.74, 6) is 0.289. The number of rotatable bonds is 4. The molecule has 1 nitrogen and oxygen atoms in total. The third kappa shape index (κ3) is 2.62. The van der Waals surface area contributed by atoms with Crippen LogP contribution in [0, 0.1) is 12.7 Å². The van der Waals surface area contributed by atoms with Crippen LogP contribution in [0.4, 0.5) is 4.39 Å². The highest BCUT2D eigenvalue weighted by Crippen LogP contribution is 2.27. The molecule has 1 aliphatic rings. The molecule has 1 fully saturated rings. The van der Waals surface area contributed by atoms with E-state index in [-0.39, 0.29) is 5.82 Å². The van der Waals surface area contributed by atoms with E-state index in [9.17, 15) is 4.39 Å². The van der Waals surface area contributed by atoms with Gasteiger partial charge in [-0.2, -0.15) is 0 Å². The highest BCUT2D eigenvalue weighted by Gasteiger charge is 2.25. The molecule has 0 bridgehead atoms. The van der Waals surface area contributed by atoms with Crippen molar-refractivity contribution < 1.29 is 4.39 Å². The van der Waals surface area contributed by atoms with Gasteiger partial charge in [-0.1, -0.05) is 13.0 Å². The summed E-state index contributed by atoms with van der Waals surface area (Å²) in [4.78, 5) is 0. The van der Waals surface area contributed by atoms with Gasteiger partial charge < -0.3 is 5.32 Å². The molecule has 88 valence electrons. The van der Waals surface area contributed by atoms with E-state index in [1.165, 1.54) is 18.4 Å². The molecule has 0 aromatic heterocycles. The van der Waals surface area contributed by atoms with Gasteiger partial charge in [-0.05, 0) is 55.9 Å². The normalized spacial score (nSPS) is 19.5. The van der Waals surface area contributed by atoms with Crippen molar-refractivity contribution in [3.05, 3.63) is 35.1 Å². The van der Waals surface area contributed by atoms with Gasteiger partial charge in [0.1, 0.15) is 5.82 Å². The molecule has 0 spiro atoms. The zero-order chi connectivity index (χ0) is 11.7. The van der Waals surface area contributed by atoms with E-state index in [1.54, 1.807) is 12.1 Å². The Morgan fingerprint density at radius 3 is 2.56 bits per heavy atom. The second-order valence-corrected chi connectivity index (χ2v) is 5.02. The topological polar surface area (TPSA) is 12.0 Å². The predicted octanol–water partition coefficient (Wildman–Crippen LogP) is 3.38. The standard InChI is InChI=1S/C14H20FN/c1-9-8-12(15)4-7-14(9)10(2)11(3)16-13-5-6-13/h4,7-8,10-11,13,16H,5-6H2,1-3H3. The minimum Gasteiger partial charge on any atom is -0.311 e. The Balaban J connectivity index is 2.08. The molecular formula is C14H20FN. The summed E-state index contributed by atoms with van der Waals surface area (Å²) in [6.45, 7) is 6.41. The lowest BCUT2D eigenvalue weighted by molar-refractivity contribution is 0.476. The van der Waals surface area contributed by atoms with Gasteiger partial charge in [0.2, 0.25) is 0 Å². The number of benzene rings is 1. The van der Waals surface area contributed by atoms with Crippen molar-refractivity contribution in [1.82, 2.24) is 5.32 Å². The van der Waals surface area contributed by atoms with Crippen molar-refractivity contribution in [3.8, 4) is 0 Å². The second-order valence-electron chi connectivity index (χ2n) is 5.02. The first-order valence-corrected chi connectivity index (χ1v) is 6.10. The minimum atomic E-state index is -0.142. The quantitative estimate of drug-likeness (QED) is 0.822. The first kappa shape index (κ1) is 11.6. The molecule has 16 heavy (non-hydrogen) atoms. The maximum atomic E-state index is 13.0. The summed E-state index contributed by atoms with van der Waals surface area (Å²) in [5.41, 5.74) is 2.30. The van der Waals surface area contributed by atoms with Crippen LogP contribution in [0.15, 0.2) is 18.2 Å². The Morgan fingerprint density at radius 1 is 1.31 bits per heavy atom. The van der Waals surface area contributed by atoms with Gasteiger partial charge in [-0.3, -0.25) is 0 Å². The van der Waals surface area contributed by atoms with Crippen LogP contribution >= 0.6 is 0 Å². The molecule has 0 saturated heterocycles. The van der Waals surface area contributed by atoms with Gasteiger partial charge in [0.05, 0.1) is 0 Å². The molecule has 2 unspecified atom stereocenters. The summed E-state index contributed by atoms with van der Waals surface area (Å²) >= 11 is 0. The van der Waals surface area contributed by atoms with Crippen LogP contribution in [-0.4, -0.2) is 12.1 Å². The van der Waals surface area contributed by atoms with E-state index in [1.807, 2.05) is 13.0 Å². The molecule has 0 aliphatic heterocycles. The van der Waals surface area contributed by atoms with Gasteiger partial charge in [0.15, 0.2) is 0 Å². The average molecular weight is 221 g/mol. The zero-order valence-corrected chi connectivity index (χ0v) is 10.3. The van der Waals surface area contributed by atoms with Gasteiger partial charge in [0.25, 0.3) is 0 Å². The van der Waals surface area contributed by atoms with Crippen LogP contribution in [0.5, 0.6) is 0 Å². The van der Waals surface area contributed by atoms with Crippen LogP contribution in [0.1, 0.15) is 43.7 Å². The highest BCUT2D eigenvalue weighted by atomic mass is 19.1. The van der Waals surface area contributed by atoms with Crippen LogP contribution in [0.3, 0.4) is 0 Å². The van der Waals surface area contributed by atoms with Crippen molar-refractivity contribution in [2.45, 2.75) is 51.6 Å². The van der Waals surface area contributed by atoms with Gasteiger partial charge in [-0.15, -0.1) is 0 Å². The van der Waals surface area contributed by atoms with Gasteiger partial charge in [0, 0.05) is 12.1 Å². The number of hydrogen-bond acceptors (Lipinski definition) is 1. The Bertz CT molecular complexity index is 371. The van der Waals surface area contributed by atoms with Crippen LogP contribution in [0.25, 0.3) is 0 Å². The molecule has 0 radical (unpaired) electrons. The molecule has 1 aromatic rings. The molecule has 2 heteroatoms. The summed E-state index contributed by atoms with van der Waals surface area (Å²) in [7, 11) is 0. The van der Waals surface area contributed by atoms with E-state index in [4.69, 9.17) is 0 Å². The first-order valence-electron chi connectivity index (χ1n) is 6.10. The fraction of sp³-hybridized carbons (Fsp3) is 0.571.